The zero-order valence-corrected chi connectivity index (χ0v) is 22.7. The fourth-order valence-electron chi connectivity index (χ4n) is 6.17. The molecule has 37 heavy (non-hydrogen) atoms. The highest BCUT2D eigenvalue weighted by atomic mass is 35.5. The molecular weight excluding hydrogens is 519 g/mol. The molecule has 4 rings (SSSR count). The van der Waals surface area contributed by atoms with E-state index in [4.69, 9.17) is 27.9 Å². The molecule has 2 saturated heterocycles. The van der Waals surface area contributed by atoms with Gasteiger partial charge in [0.1, 0.15) is 23.1 Å². The molecule has 0 aromatic heterocycles. The van der Waals surface area contributed by atoms with Crippen LogP contribution in [0.3, 0.4) is 0 Å². The van der Waals surface area contributed by atoms with Crippen molar-refractivity contribution < 1.29 is 18.3 Å². The number of benzene rings is 2. The highest BCUT2D eigenvalue weighted by Crippen LogP contribution is 2.60. The van der Waals surface area contributed by atoms with Crippen LogP contribution in [0, 0.1) is 28.4 Å². The van der Waals surface area contributed by atoms with Gasteiger partial charge in [-0.2, -0.15) is 5.26 Å². The number of carbonyl (C=O) groups excluding carboxylic acids is 1. The van der Waals surface area contributed by atoms with Gasteiger partial charge in [-0.1, -0.05) is 55.2 Å². The minimum atomic E-state index is -1.68. The number of hydrogen-bond acceptors (Lipinski definition) is 5. The van der Waals surface area contributed by atoms with Crippen molar-refractivity contribution in [2.24, 2.45) is 10.4 Å². The molecule has 2 fully saturated rings. The van der Waals surface area contributed by atoms with E-state index in [0.717, 1.165) is 6.07 Å². The minimum Gasteiger partial charge on any atom is -0.443 e. The molecule has 0 aliphatic carbocycles. The predicted molar refractivity (Wildman–Crippen MR) is 140 cm³/mol. The summed E-state index contributed by atoms with van der Waals surface area (Å²) in [6.45, 7) is 11.6. The Morgan fingerprint density at radius 2 is 1.95 bits per heavy atom. The van der Waals surface area contributed by atoms with E-state index in [0.29, 0.717) is 19.4 Å². The molecule has 0 spiro atoms. The third-order valence-corrected chi connectivity index (χ3v) is 8.28. The molecule has 0 radical (unpaired) electrons. The Bertz CT molecular complexity index is 1290. The average Bonchev–Trinajstić information content (AvgIpc) is 3.23. The number of nitriles is 1. The van der Waals surface area contributed by atoms with Crippen molar-refractivity contribution in [3.63, 3.8) is 0 Å². The van der Waals surface area contributed by atoms with Crippen molar-refractivity contribution in [3.05, 3.63) is 69.2 Å². The van der Waals surface area contributed by atoms with Gasteiger partial charge in [0.25, 0.3) is 0 Å². The summed E-state index contributed by atoms with van der Waals surface area (Å²) in [7, 11) is 0. The molecule has 9 heteroatoms. The van der Waals surface area contributed by atoms with Crippen LogP contribution >= 0.6 is 23.2 Å². The summed E-state index contributed by atoms with van der Waals surface area (Å²) >= 11 is 12.2. The number of ether oxygens (including phenoxy) is 1. The lowest BCUT2D eigenvalue weighted by Gasteiger charge is -2.43. The zero-order chi connectivity index (χ0) is 27.3. The van der Waals surface area contributed by atoms with Crippen LogP contribution in [0.2, 0.25) is 10.0 Å². The maximum absolute atomic E-state index is 15.8. The van der Waals surface area contributed by atoms with Gasteiger partial charge in [0.15, 0.2) is 5.72 Å². The highest BCUT2D eigenvalue weighted by molar-refractivity contribution is 6.31. The van der Waals surface area contributed by atoms with Crippen LogP contribution in [0.4, 0.5) is 8.78 Å². The predicted octanol–water partition coefficient (Wildman–Crippen LogP) is 6.67. The Hall–Kier alpha value is -2.53. The molecule has 2 aromatic carbocycles. The van der Waals surface area contributed by atoms with Gasteiger partial charge in [0.05, 0.1) is 11.1 Å². The topological polar surface area (TPSA) is 65.7 Å². The van der Waals surface area contributed by atoms with Crippen LogP contribution in [0.25, 0.3) is 0 Å². The van der Waals surface area contributed by atoms with E-state index >= 15 is 8.78 Å². The monoisotopic (exact) mass is 547 g/mol. The maximum atomic E-state index is 15.8. The molecule has 2 heterocycles. The lowest BCUT2D eigenvalue weighted by atomic mass is 9.62. The molecule has 4 atom stereocenters. The van der Waals surface area contributed by atoms with Crippen LogP contribution < -0.4 is 0 Å². The van der Waals surface area contributed by atoms with Crippen molar-refractivity contribution in [3.8, 4) is 6.07 Å². The van der Waals surface area contributed by atoms with Crippen molar-refractivity contribution in [1.29, 1.82) is 5.26 Å². The van der Waals surface area contributed by atoms with Gasteiger partial charge in [-0.05, 0) is 62.6 Å². The number of halogens is 4. The first kappa shape index (κ1) is 27.5. The molecule has 0 saturated carbocycles. The SMILES string of the molecule is C=NCCC(C)(C)C[C@@H]1N2[C@@H](C(=O)OC2(C)C)[C@H](c2cccc(Cl)c2F)[C@@]1(C#N)c1ccc(Cl)cc1F. The van der Waals surface area contributed by atoms with E-state index < -0.39 is 52.2 Å². The van der Waals surface area contributed by atoms with Crippen LogP contribution in [0.15, 0.2) is 41.4 Å². The third kappa shape index (κ3) is 4.43. The van der Waals surface area contributed by atoms with Gasteiger partial charge in [-0.25, -0.2) is 13.7 Å². The van der Waals surface area contributed by atoms with E-state index in [2.05, 4.69) is 17.8 Å². The quantitative estimate of drug-likeness (QED) is 0.287. The normalized spacial score (nSPS) is 27.0. The van der Waals surface area contributed by atoms with Crippen molar-refractivity contribution in [2.75, 3.05) is 6.54 Å². The van der Waals surface area contributed by atoms with E-state index in [-0.39, 0.29) is 21.2 Å². The summed E-state index contributed by atoms with van der Waals surface area (Å²) in [5, 5.41) is 11.0. The number of fused-ring (bicyclic) bond motifs is 1. The Labute approximate surface area is 226 Å². The van der Waals surface area contributed by atoms with E-state index in [1.807, 2.05) is 18.7 Å². The van der Waals surface area contributed by atoms with Gasteiger partial charge < -0.3 is 9.73 Å². The first-order chi connectivity index (χ1) is 17.3. The van der Waals surface area contributed by atoms with Gasteiger partial charge in [-0.3, -0.25) is 4.79 Å². The first-order valence-electron chi connectivity index (χ1n) is 12.0. The summed E-state index contributed by atoms with van der Waals surface area (Å²) in [6, 6.07) is 9.16. The lowest BCUT2D eigenvalue weighted by molar-refractivity contribution is -0.152. The Morgan fingerprint density at radius 3 is 2.57 bits per heavy atom. The lowest BCUT2D eigenvalue weighted by Crippen LogP contribution is -2.52. The number of esters is 1. The van der Waals surface area contributed by atoms with Crippen LogP contribution in [0.1, 0.15) is 57.6 Å². The fourth-order valence-corrected chi connectivity index (χ4v) is 6.51. The summed E-state index contributed by atoms with van der Waals surface area (Å²) in [5.41, 5.74) is -3.11. The van der Waals surface area contributed by atoms with Crippen molar-refractivity contribution in [1.82, 2.24) is 4.90 Å². The number of rotatable bonds is 7. The molecule has 5 nitrogen and oxygen atoms in total. The molecule has 0 amide bonds. The van der Waals surface area contributed by atoms with E-state index in [1.54, 1.807) is 19.9 Å². The molecule has 2 aromatic rings. The highest BCUT2D eigenvalue weighted by Gasteiger charge is 2.71. The number of cyclic esters (lactones) is 1. The van der Waals surface area contributed by atoms with E-state index in [9.17, 15) is 10.1 Å². The van der Waals surface area contributed by atoms with Gasteiger partial charge >= 0.3 is 5.97 Å². The Morgan fingerprint density at radius 1 is 1.24 bits per heavy atom. The molecular formula is C28H29Cl2F2N3O2. The molecule has 0 unspecified atom stereocenters. The third-order valence-electron chi connectivity index (χ3n) is 7.75. The average molecular weight is 548 g/mol. The fraction of sp³-hybridized carbons (Fsp3) is 0.464. The zero-order valence-electron chi connectivity index (χ0n) is 21.2. The largest absolute Gasteiger partial charge is 0.443 e. The molecule has 196 valence electrons. The number of nitrogens with zero attached hydrogens (tertiary/aromatic N) is 3. The van der Waals surface area contributed by atoms with Gasteiger partial charge in [0.2, 0.25) is 0 Å². The molecule has 2 aliphatic heterocycles. The van der Waals surface area contributed by atoms with Crippen LogP contribution in [0.5, 0.6) is 0 Å². The van der Waals surface area contributed by atoms with Gasteiger partial charge in [-0.15, -0.1) is 0 Å². The smallest absolute Gasteiger partial charge is 0.325 e. The standard InChI is InChI=1S/C28H29Cl2F2N3O2/c1-26(2,11-12-34-5)14-21-28(15-33,18-10-9-16(29)13-20(18)31)22(17-7-6-8-19(30)23(17)32)24-25(36)37-27(3,4)35(21)24/h6-10,13,21-22,24H,5,11-12,14H2,1-4H3/t21-,22-,24+,28-/m0/s1. The van der Waals surface area contributed by atoms with E-state index in [1.165, 1.54) is 24.3 Å². The second-order valence-corrected chi connectivity index (χ2v) is 11.9. The number of aliphatic imine (C=N–C) groups is 1. The Balaban J connectivity index is 2.08. The molecule has 0 N–H and O–H groups in total. The van der Waals surface area contributed by atoms with Gasteiger partial charge in [0, 0.05) is 29.1 Å². The minimum absolute atomic E-state index is 0.0458. The number of hydrogen-bond donors (Lipinski definition) is 0. The van der Waals surface area contributed by atoms with Crippen molar-refractivity contribution in [2.45, 2.75) is 69.7 Å². The summed E-state index contributed by atoms with van der Waals surface area (Å²) in [4.78, 5) is 19.2. The second kappa shape index (κ2) is 9.65. The summed E-state index contributed by atoms with van der Waals surface area (Å²) in [6.07, 6.45) is 1.01. The van der Waals surface area contributed by atoms with Crippen LogP contribution in [-0.2, 0) is 14.9 Å². The molecule has 0 bridgehead atoms. The molecule has 2 aliphatic rings. The van der Waals surface area contributed by atoms with Crippen molar-refractivity contribution >= 4 is 35.9 Å². The Kier molecular flexibility index (Phi) is 7.17. The maximum Gasteiger partial charge on any atom is 0.325 e. The first-order valence-corrected chi connectivity index (χ1v) is 12.8. The number of carbonyl (C=O) groups is 1. The summed E-state index contributed by atoms with van der Waals surface area (Å²) < 4.78 is 37.2. The van der Waals surface area contributed by atoms with Crippen LogP contribution in [-0.4, -0.2) is 41.9 Å². The second-order valence-electron chi connectivity index (χ2n) is 11.0. The summed E-state index contributed by atoms with van der Waals surface area (Å²) in [5.74, 6) is -3.17.